The molecule has 4 saturated carbocycles. The summed E-state index contributed by atoms with van der Waals surface area (Å²) in [6, 6.07) is 19.5. The Morgan fingerprint density at radius 3 is 1.04 bits per heavy atom. The zero-order chi connectivity index (χ0) is 30.9. The van der Waals surface area contributed by atoms with Gasteiger partial charge in [-0.15, -0.1) is 0 Å². The number of rotatable bonds is 8. The second-order valence-corrected chi connectivity index (χ2v) is 22.5. The molecule has 8 rings (SSSR count). The predicted octanol–water partition coefficient (Wildman–Crippen LogP) is 6.87. The van der Waals surface area contributed by atoms with Crippen molar-refractivity contribution in [1.29, 1.82) is 0 Å². The molecule has 2 unspecified atom stereocenters. The van der Waals surface area contributed by atoms with Crippen molar-refractivity contribution in [3.63, 3.8) is 0 Å². The molecule has 0 nitrogen and oxygen atoms in total. The van der Waals surface area contributed by atoms with Crippen LogP contribution in [0.5, 0.6) is 0 Å². The Morgan fingerprint density at radius 2 is 0.729 bits per heavy atom. The zero-order valence-electron chi connectivity index (χ0n) is 29.5. The van der Waals surface area contributed by atoms with Crippen molar-refractivity contribution >= 4 is 15.4 Å². The first-order valence-electron chi connectivity index (χ1n) is 20.1. The van der Waals surface area contributed by atoms with Crippen LogP contribution in [0.3, 0.4) is 0 Å². The second-order valence-electron chi connectivity index (χ2n) is 16.6. The summed E-state index contributed by atoms with van der Waals surface area (Å²) in [6.07, 6.45) is 35.0. The minimum Gasteiger partial charge on any atom is -1.00 e. The number of halogens is 2. The summed E-state index contributed by atoms with van der Waals surface area (Å²) in [7, 11) is 0. The molecule has 4 fully saturated rings. The van der Waals surface area contributed by atoms with Crippen molar-refractivity contribution in [3.8, 4) is 0 Å². The van der Waals surface area contributed by atoms with Gasteiger partial charge in [0.25, 0.3) is 0 Å². The first-order valence-corrected chi connectivity index (χ1v) is 24.7. The van der Waals surface area contributed by atoms with Crippen molar-refractivity contribution in [1.82, 2.24) is 0 Å². The fourth-order valence-corrected chi connectivity index (χ4v) is 18.0. The maximum Gasteiger partial charge on any atom is -1.00 e. The number of benzene rings is 2. The molecule has 0 aliphatic heterocycles. The number of fused-ring (bicyclic) bond motifs is 2. The van der Waals surface area contributed by atoms with Gasteiger partial charge in [-0.1, -0.05) is 0 Å². The average Bonchev–Trinajstić information content (AvgIpc) is 3.70. The SMILES string of the molecule is [CH2]=[Zr+2]([CH]1C=C(C(C2CCCCC2)C2CCCCC2)c2ccccc21)[CH]1C=C(C(C2CCCCC2)C2CCCCC2)c2ccccc21.[Cl-].[Cl-]. The van der Waals surface area contributed by atoms with Gasteiger partial charge in [0.2, 0.25) is 0 Å². The van der Waals surface area contributed by atoms with Gasteiger partial charge in [-0.05, 0) is 0 Å². The third-order valence-corrected chi connectivity index (χ3v) is 20.3. The van der Waals surface area contributed by atoms with E-state index < -0.39 is 21.3 Å². The number of allylic oxidation sites excluding steroid dienone is 4. The van der Waals surface area contributed by atoms with Crippen molar-refractivity contribution in [2.24, 2.45) is 35.5 Å². The molecule has 6 aliphatic rings. The molecular formula is C45H60Cl2Zr. The minimum absolute atomic E-state index is 0. The normalized spacial score (nSPS) is 25.4. The quantitative estimate of drug-likeness (QED) is 0.276. The molecule has 2 atom stereocenters. The molecule has 3 heteroatoms. The Labute approximate surface area is 313 Å². The summed E-state index contributed by atoms with van der Waals surface area (Å²) in [5.74, 6) is 5.17. The van der Waals surface area contributed by atoms with Crippen LogP contribution in [0.25, 0.3) is 11.1 Å². The van der Waals surface area contributed by atoms with Gasteiger partial charge >= 0.3 is 291 Å². The van der Waals surface area contributed by atoms with Gasteiger partial charge in [0.05, 0.1) is 0 Å². The molecule has 0 aromatic heterocycles. The van der Waals surface area contributed by atoms with Crippen LogP contribution in [0, 0.1) is 35.5 Å². The summed E-state index contributed by atoms with van der Waals surface area (Å²) in [5, 5.41) is 0. The van der Waals surface area contributed by atoms with Crippen LogP contribution < -0.4 is 24.8 Å². The molecule has 2 aromatic rings. The predicted molar refractivity (Wildman–Crippen MR) is 195 cm³/mol. The van der Waals surface area contributed by atoms with Gasteiger partial charge in [0.15, 0.2) is 0 Å². The van der Waals surface area contributed by atoms with Crippen LogP contribution in [-0.4, -0.2) is 4.21 Å². The van der Waals surface area contributed by atoms with Crippen LogP contribution in [0.4, 0.5) is 0 Å². The van der Waals surface area contributed by atoms with Crippen molar-refractivity contribution in [2.45, 2.75) is 136 Å². The van der Waals surface area contributed by atoms with Gasteiger partial charge in [-0.3, -0.25) is 0 Å². The van der Waals surface area contributed by atoms with Gasteiger partial charge in [-0.25, -0.2) is 0 Å². The molecule has 2 aromatic carbocycles. The van der Waals surface area contributed by atoms with Crippen LogP contribution in [-0.2, 0) is 21.3 Å². The molecule has 0 N–H and O–H groups in total. The minimum atomic E-state index is -2.28. The van der Waals surface area contributed by atoms with E-state index in [4.69, 9.17) is 4.21 Å². The van der Waals surface area contributed by atoms with Gasteiger partial charge < -0.3 is 24.8 Å². The maximum atomic E-state index is 5.34. The van der Waals surface area contributed by atoms with Gasteiger partial charge in [-0.2, -0.15) is 0 Å². The van der Waals surface area contributed by atoms with Gasteiger partial charge in [0, 0.05) is 0 Å². The maximum absolute atomic E-state index is 5.34. The smallest absolute Gasteiger partial charge is 1.00 e. The van der Waals surface area contributed by atoms with E-state index in [-0.39, 0.29) is 24.8 Å². The largest absolute Gasteiger partial charge is 1.00 e. The third-order valence-electron chi connectivity index (χ3n) is 14.1. The molecular weight excluding hydrogens is 703 g/mol. The fourth-order valence-electron chi connectivity index (χ4n) is 11.9. The fraction of sp³-hybridized carbons (Fsp3) is 0.622. The summed E-state index contributed by atoms with van der Waals surface area (Å²) in [5.41, 5.74) is 10.2. The summed E-state index contributed by atoms with van der Waals surface area (Å²) >= 11 is -2.28. The van der Waals surface area contributed by atoms with E-state index in [0.29, 0.717) is 7.25 Å². The molecule has 0 amide bonds. The van der Waals surface area contributed by atoms with Crippen molar-refractivity contribution < 1.29 is 46.1 Å². The van der Waals surface area contributed by atoms with E-state index in [0.717, 1.165) is 35.5 Å². The average molecular weight is 763 g/mol. The first-order chi connectivity index (χ1) is 22.8. The van der Waals surface area contributed by atoms with Crippen molar-refractivity contribution in [3.05, 3.63) is 82.9 Å². The van der Waals surface area contributed by atoms with Crippen LogP contribution >= 0.6 is 0 Å². The third kappa shape index (κ3) is 7.42. The Hall–Kier alpha value is -0.747. The second kappa shape index (κ2) is 17.2. The molecule has 0 bridgehead atoms. The Kier molecular flexibility index (Phi) is 13.3. The topological polar surface area (TPSA) is 0 Å². The van der Waals surface area contributed by atoms with E-state index in [1.807, 2.05) is 0 Å². The molecule has 6 aliphatic carbocycles. The molecule has 258 valence electrons. The first kappa shape index (κ1) is 37.0. The van der Waals surface area contributed by atoms with Crippen LogP contribution in [0.15, 0.2) is 60.7 Å². The Bertz CT molecular complexity index is 1290. The summed E-state index contributed by atoms with van der Waals surface area (Å²) < 4.78 is 6.57. The molecule has 48 heavy (non-hydrogen) atoms. The van der Waals surface area contributed by atoms with E-state index in [2.05, 4.69) is 60.7 Å². The van der Waals surface area contributed by atoms with Crippen molar-refractivity contribution in [2.75, 3.05) is 0 Å². The van der Waals surface area contributed by atoms with Crippen LogP contribution in [0.2, 0.25) is 0 Å². The summed E-state index contributed by atoms with van der Waals surface area (Å²) in [6.45, 7) is 0. The van der Waals surface area contributed by atoms with Crippen LogP contribution in [0.1, 0.15) is 158 Å². The molecule has 0 radical (unpaired) electrons. The summed E-state index contributed by atoms with van der Waals surface area (Å²) in [4.78, 5) is 0. The van der Waals surface area contributed by atoms with E-state index in [1.54, 1.807) is 33.4 Å². The van der Waals surface area contributed by atoms with Gasteiger partial charge in [0.1, 0.15) is 0 Å². The zero-order valence-corrected chi connectivity index (χ0v) is 33.5. The molecule has 0 heterocycles. The van der Waals surface area contributed by atoms with E-state index in [1.165, 1.54) is 128 Å². The number of hydrogen-bond donors (Lipinski definition) is 0. The monoisotopic (exact) mass is 760 g/mol. The molecule has 0 spiro atoms. The Balaban J connectivity index is 0.00000201. The Morgan fingerprint density at radius 1 is 0.438 bits per heavy atom. The number of hydrogen-bond acceptors (Lipinski definition) is 0. The van der Waals surface area contributed by atoms with E-state index in [9.17, 15) is 0 Å². The molecule has 0 saturated heterocycles. The van der Waals surface area contributed by atoms with E-state index >= 15 is 0 Å². The standard InChI is InChI=1S/2C22H29.CH2.2ClH.Zr/c2*1-3-10-18(11-4-1)22(19-12-5-2-6-13-19)21-16-15-17-9-7-8-14-20(17)21;;;;/h2*7-9,14-16,18-19,22H,1-6,10-13H2;1H2;2*1H;/q;;;;;+2/p-2.